The maximum absolute atomic E-state index is 11.3. The minimum absolute atomic E-state index is 0.424. The van der Waals surface area contributed by atoms with Crippen molar-refractivity contribution in [2.75, 3.05) is 5.32 Å². The molecule has 0 aliphatic heterocycles. The fourth-order valence-corrected chi connectivity index (χ4v) is 2.91. The highest BCUT2D eigenvalue weighted by Crippen LogP contribution is 2.31. The van der Waals surface area contributed by atoms with Gasteiger partial charge in [0.25, 0.3) is 0 Å². The summed E-state index contributed by atoms with van der Waals surface area (Å²) in [6.45, 7) is 3.70. The number of rotatable bonds is 5. The largest absolute Gasteiger partial charge is 0.368 e. The van der Waals surface area contributed by atoms with Crippen LogP contribution in [0.5, 0.6) is 0 Å². The second kappa shape index (κ2) is 6.17. The number of nitrogens with zero attached hydrogens (tertiary/aromatic N) is 4. The van der Waals surface area contributed by atoms with E-state index in [1.165, 1.54) is 11.3 Å². The molecule has 3 aromatic heterocycles. The fraction of sp³-hybridized carbons (Fsp3) is 0.200. The smallest absolute Gasteiger partial charge is 0.241 e. The number of anilines is 2. The van der Waals surface area contributed by atoms with Crippen LogP contribution in [-0.2, 0) is 4.79 Å². The van der Waals surface area contributed by atoms with Crippen LogP contribution >= 0.6 is 11.3 Å². The highest BCUT2D eigenvalue weighted by Gasteiger charge is 2.16. The molecule has 0 saturated heterocycles. The summed E-state index contributed by atoms with van der Waals surface area (Å²) in [5.74, 6) is 0.318. The summed E-state index contributed by atoms with van der Waals surface area (Å²) in [6, 6.07) is 5.15. The third-order valence-electron chi connectivity index (χ3n) is 3.38. The maximum atomic E-state index is 11.3. The molecule has 3 aromatic rings. The lowest BCUT2D eigenvalue weighted by Gasteiger charge is -2.06. The van der Waals surface area contributed by atoms with Gasteiger partial charge in [0.05, 0.1) is 11.9 Å². The molecule has 0 spiro atoms. The van der Waals surface area contributed by atoms with Crippen molar-refractivity contribution in [3.8, 4) is 11.3 Å². The van der Waals surface area contributed by atoms with Gasteiger partial charge in [-0.2, -0.15) is 5.10 Å². The van der Waals surface area contributed by atoms with Crippen LogP contribution in [0.3, 0.4) is 0 Å². The molecule has 8 heteroatoms. The number of nitrogens with two attached hydrogens (primary N) is 1. The second-order valence-corrected chi connectivity index (χ2v) is 6.25. The second-order valence-electron chi connectivity index (χ2n) is 5.05. The number of hydrogen-bond donors (Lipinski definition) is 2. The lowest BCUT2D eigenvalue weighted by atomic mass is 10.2. The van der Waals surface area contributed by atoms with E-state index in [9.17, 15) is 4.79 Å². The summed E-state index contributed by atoms with van der Waals surface area (Å²) in [5.41, 5.74) is 6.98. The van der Waals surface area contributed by atoms with Gasteiger partial charge in [0, 0.05) is 22.8 Å². The Hall–Kier alpha value is -2.74. The number of aryl methyl sites for hydroxylation is 1. The molecule has 0 fully saturated rings. The molecule has 0 bridgehead atoms. The van der Waals surface area contributed by atoms with Gasteiger partial charge in [0.1, 0.15) is 11.9 Å². The molecule has 0 radical (unpaired) electrons. The van der Waals surface area contributed by atoms with E-state index in [1.807, 2.05) is 25.1 Å². The van der Waals surface area contributed by atoms with Crippen LogP contribution in [0.15, 0.2) is 36.8 Å². The van der Waals surface area contributed by atoms with Gasteiger partial charge in [-0.25, -0.2) is 9.97 Å². The highest BCUT2D eigenvalue weighted by atomic mass is 32.1. The Morgan fingerprint density at radius 2 is 2.26 bits per heavy atom. The topological polar surface area (TPSA) is 98.7 Å². The van der Waals surface area contributed by atoms with Crippen molar-refractivity contribution < 1.29 is 4.79 Å². The Morgan fingerprint density at radius 1 is 1.43 bits per heavy atom. The average molecular weight is 328 g/mol. The van der Waals surface area contributed by atoms with Gasteiger partial charge < -0.3 is 11.1 Å². The van der Waals surface area contributed by atoms with Gasteiger partial charge >= 0.3 is 0 Å². The van der Waals surface area contributed by atoms with Crippen LogP contribution in [0.2, 0.25) is 0 Å². The SMILES string of the molecule is Cc1sc(Nc2ccccn2)nc1-c1cnn(C(C)C(N)=O)c1. The van der Waals surface area contributed by atoms with E-state index >= 15 is 0 Å². The monoisotopic (exact) mass is 328 g/mol. The Morgan fingerprint density at radius 3 is 2.96 bits per heavy atom. The summed E-state index contributed by atoms with van der Waals surface area (Å²) in [5, 5.41) is 8.13. The van der Waals surface area contributed by atoms with Crippen molar-refractivity contribution >= 4 is 28.2 Å². The summed E-state index contributed by atoms with van der Waals surface area (Å²) in [7, 11) is 0. The lowest BCUT2D eigenvalue weighted by molar-refractivity contribution is -0.120. The quantitative estimate of drug-likeness (QED) is 0.750. The summed E-state index contributed by atoms with van der Waals surface area (Å²) in [6.07, 6.45) is 5.19. The summed E-state index contributed by atoms with van der Waals surface area (Å²) < 4.78 is 1.54. The van der Waals surface area contributed by atoms with Gasteiger partial charge in [-0.1, -0.05) is 6.07 Å². The molecule has 0 aliphatic rings. The molecule has 1 atom stereocenters. The molecule has 23 heavy (non-hydrogen) atoms. The minimum Gasteiger partial charge on any atom is -0.368 e. The molecule has 1 amide bonds. The molecule has 3 heterocycles. The first-order chi connectivity index (χ1) is 11.0. The Balaban J connectivity index is 1.85. The first kappa shape index (κ1) is 15.2. The van der Waals surface area contributed by atoms with E-state index in [-0.39, 0.29) is 0 Å². The number of aromatic nitrogens is 4. The predicted octanol–water partition coefficient (Wildman–Crippen LogP) is 2.50. The molecular formula is C15H16N6OS. The van der Waals surface area contributed by atoms with E-state index in [2.05, 4.69) is 20.4 Å². The number of thiazole rings is 1. The molecule has 0 saturated carbocycles. The van der Waals surface area contributed by atoms with E-state index in [4.69, 9.17) is 5.73 Å². The standard InChI is InChI=1S/C15H16N6OS/c1-9(14(16)22)21-8-11(7-18-21)13-10(2)23-15(20-13)19-12-5-3-4-6-17-12/h3-9H,1-2H3,(H2,16,22)(H,17,19,20). The van der Waals surface area contributed by atoms with Gasteiger partial charge in [-0.15, -0.1) is 11.3 Å². The van der Waals surface area contributed by atoms with Crippen LogP contribution in [0.4, 0.5) is 10.9 Å². The van der Waals surface area contributed by atoms with Crippen LogP contribution < -0.4 is 11.1 Å². The third kappa shape index (κ3) is 3.21. The molecule has 7 nitrogen and oxygen atoms in total. The molecule has 0 aromatic carbocycles. The number of hydrogen-bond acceptors (Lipinski definition) is 6. The molecule has 1 unspecified atom stereocenters. The molecule has 0 aliphatic carbocycles. The van der Waals surface area contributed by atoms with Crippen LogP contribution in [0.1, 0.15) is 17.8 Å². The van der Waals surface area contributed by atoms with Crippen molar-refractivity contribution in [1.82, 2.24) is 19.7 Å². The number of pyridine rings is 1. The van der Waals surface area contributed by atoms with Gasteiger partial charge in [0.15, 0.2) is 5.13 Å². The van der Waals surface area contributed by atoms with E-state index in [0.717, 1.165) is 27.1 Å². The highest BCUT2D eigenvalue weighted by molar-refractivity contribution is 7.16. The Bertz CT molecular complexity index is 826. The van der Waals surface area contributed by atoms with Crippen molar-refractivity contribution in [2.24, 2.45) is 5.73 Å². The van der Waals surface area contributed by atoms with Crippen LogP contribution in [-0.4, -0.2) is 25.7 Å². The number of carbonyl (C=O) groups excluding carboxylic acids is 1. The van der Waals surface area contributed by atoms with Gasteiger partial charge in [0.2, 0.25) is 5.91 Å². The van der Waals surface area contributed by atoms with Crippen molar-refractivity contribution in [2.45, 2.75) is 19.9 Å². The van der Waals surface area contributed by atoms with E-state index < -0.39 is 11.9 Å². The molecule has 3 N–H and O–H groups in total. The van der Waals surface area contributed by atoms with Crippen molar-refractivity contribution in [3.05, 3.63) is 41.7 Å². The molecular weight excluding hydrogens is 312 g/mol. The Kier molecular flexibility index (Phi) is 4.07. The minimum atomic E-state index is -0.492. The number of carbonyl (C=O) groups is 1. The zero-order valence-corrected chi connectivity index (χ0v) is 13.5. The number of primary amides is 1. The number of nitrogens with one attached hydrogen (secondary N) is 1. The third-order valence-corrected chi connectivity index (χ3v) is 4.27. The normalized spacial score (nSPS) is 12.1. The van der Waals surface area contributed by atoms with Crippen LogP contribution in [0, 0.1) is 6.92 Å². The summed E-state index contributed by atoms with van der Waals surface area (Å²) in [4.78, 5) is 21.1. The molecule has 118 valence electrons. The van der Waals surface area contributed by atoms with Crippen molar-refractivity contribution in [3.63, 3.8) is 0 Å². The van der Waals surface area contributed by atoms with E-state index in [1.54, 1.807) is 30.2 Å². The zero-order valence-electron chi connectivity index (χ0n) is 12.7. The average Bonchev–Trinajstić information content (AvgIpc) is 3.14. The Labute approximate surface area is 137 Å². The fourth-order valence-electron chi connectivity index (χ4n) is 2.07. The number of amides is 1. The first-order valence-corrected chi connectivity index (χ1v) is 7.85. The van der Waals surface area contributed by atoms with Gasteiger partial charge in [-0.05, 0) is 26.0 Å². The van der Waals surface area contributed by atoms with Gasteiger partial charge in [-0.3, -0.25) is 9.48 Å². The zero-order chi connectivity index (χ0) is 16.4. The van der Waals surface area contributed by atoms with Crippen LogP contribution in [0.25, 0.3) is 11.3 Å². The maximum Gasteiger partial charge on any atom is 0.241 e. The predicted molar refractivity (Wildman–Crippen MR) is 89.5 cm³/mol. The summed E-state index contributed by atoms with van der Waals surface area (Å²) >= 11 is 1.54. The van der Waals surface area contributed by atoms with E-state index in [0.29, 0.717) is 0 Å². The van der Waals surface area contributed by atoms with Crippen molar-refractivity contribution in [1.29, 1.82) is 0 Å². The first-order valence-electron chi connectivity index (χ1n) is 7.04. The molecule has 3 rings (SSSR count). The lowest BCUT2D eigenvalue weighted by Crippen LogP contribution is -2.24.